The molecule has 0 spiro atoms. The molecule has 0 aliphatic rings. The van der Waals surface area contributed by atoms with E-state index in [1.165, 1.54) is 0 Å². The van der Waals surface area contributed by atoms with Crippen LogP contribution >= 0.6 is 11.6 Å². The van der Waals surface area contributed by atoms with E-state index in [0.29, 0.717) is 6.61 Å². The van der Waals surface area contributed by atoms with Gasteiger partial charge < -0.3 is 4.74 Å². The number of para-hydroxylation sites is 1. The fourth-order valence-electron chi connectivity index (χ4n) is 1.49. The number of benzene rings is 1. The number of anilines is 1. The summed E-state index contributed by atoms with van der Waals surface area (Å²) < 4.78 is 5.35. The number of hydrogen-bond donors (Lipinski definition) is 0. The van der Waals surface area contributed by atoms with Gasteiger partial charge in [-0.25, -0.2) is 0 Å². The molecule has 1 aromatic carbocycles. The van der Waals surface area contributed by atoms with Crippen LogP contribution in [-0.2, 0) is 9.53 Å². The number of carbonyl (C=O) groups excluding carboxylic acids is 1. The molecule has 0 radical (unpaired) electrons. The summed E-state index contributed by atoms with van der Waals surface area (Å²) in [5.74, 6) is -0.0293. The molecule has 0 aliphatic heterocycles. The third-order valence-electron chi connectivity index (χ3n) is 2.58. The van der Waals surface area contributed by atoms with Crippen LogP contribution in [0.1, 0.15) is 20.8 Å². The normalized spacial score (nSPS) is 12.5. The number of ether oxygens (including phenoxy) is 1. The van der Waals surface area contributed by atoms with Gasteiger partial charge >= 0.3 is 0 Å². The van der Waals surface area contributed by atoms with Crippen molar-refractivity contribution in [2.45, 2.75) is 26.1 Å². The first-order chi connectivity index (χ1) is 8.57. The molecule has 0 aromatic heterocycles. The maximum atomic E-state index is 12.3. The largest absolute Gasteiger partial charge is 0.361 e. The topological polar surface area (TPSA) is 29.5 Å². The van der Waals surface area contributed by atoms with Crippen LogP contribution in [0.4, 0.5) is 5.69 Å². The van der Waals surface area contributed by atoms with Crippen molar-refractivity contribution >= 4 is 23.2 Å². The molecule has 0 saturated carbocycles. The van der Waals surface area contributed by atoms with Gasteiger partial charge in [0, 0.05) is 12.3 Å². The molecular weight excluding hydrogens is 250 g/mol. The molecule has 1 rings (SSSR count). The van der Waals surface area contributed by atoms with Gasteiger partial charge in [-0.2, -0.15) is 0 Å². The highest BCUT2D eigenvalue weighted by Gasteiger charge is 2.26. The van der Waals surface area contributed by atoms with Crippen molar-refractivity contribution < 1.29 is 9.53 Å². The summed E-state index contributed by atoms with van der Waals surface area (Å²) in [6.07, 6.45) is 0. The molecule has 100 valence electrons. The van der Waals surface area contributed by atoms with E-state index in [2.05, 4.69) is 0 Å². The summed E-state index contributed by atoms with van der Waals surface area (Å²) in [7, 11) is 0. The van der Waals surface area contributed by atoms with Crippen LogP contribution in [0.2, 0.25) is 0 Å². The Morgan fingerprint density at radius 1 is 1.33 bits per heavy atom. The molecule has 0 bridgehead atoms. The summed E-state index contributed by atoms with van der Waals surface area (Å²) in [6, 6.07) is 9.44. The quantitative estimate of drug-likeness (QED) is 0.586. The van der Waals surface area contributed by atoms with Crippen molar-refractivity contribution in [3.63, 3.8) is 0 Å². The summed E-state index contributed by atoms with van der Waals surface area (Å²) in [6.45, 7) is 6.55. The minimum atomic E-state index is -0.536. The monoisotopic (exact) mass is 269 g/mol. The van der Waals surface area contributed by atoms with E-state index in [-0.39, 0.29) is 18.6 Å². The van der Waals surface area contributed by atoms with Gasteiger partial charge in [-0.05, 0) is 25.0 Å². The van der Waals surface area contributed by atoms with Crippen LogP contribution in [0.5, 0.6) is 0 Å². The lowest BCUT2D eigenvalue weighted by Crippen LogP contribution is -2.40. The Morgan fingerprint density at radius 3 is 2.44 bits per heavy atom. The Labute approximate surface area is 114 Å². The van der Waals surface area contributed by atoms with E-state index in [0.717, 1.165) is 5.69 Å². The molecule has 1 unspecified atom stereocenters. The Hall–Kier alpha value is -1.06. The Kier molecular flexibility index (Phi) is 6.16. The molecule has 0 heterocycles. The molecule has 3 nitrogen and oxygen atoms in total. The molecular formula is C14H20ClNO2. The fourth-order valence-corrected chi connectivity index (χ4v) is 1.61. The molecule has 0 N–H and O–H groups in total. The second kappa shape index (κ2) is 7.39. The highest BCUT2D eigenvalue weighted by Crippen LogP contribution is 2.19. The van der Waals surface area contributed by atoms with E-state index in [9.17, 15) is 4.79 Å². The zero-order valence-electron chi connectivity index (χ0n) is 11.1. The van der Waals surface area contributed by atoms with Gasteiger partial charge in [0.2, 0.25) is 5.91 Å². The van der Waals surface area contributed by atoms with Crippen LogP contribution < -0.4 is 4.90 Å². The summed E-state index contributed by atoms with van der Waals surface area (Å²) >= 11 is 6.14. The Balaban J connectivity index is 2.88. The molecule has 1 aromatic rings. The minimum Gasteiger partial charge on any atom is -0.361 e. The maximum Gasteiger partial charge on any atom is 0.247 e. The number of hydrogen-bond acceptors (Lipinski definition) is 2. The number of halogens is 1. The summed E-state index contributed by atoms with van der Waals surface area (Å²) in [5.41, 5.74) is 0.808. The van der Waals surface area contributed by atoms with Crippen LogP contribution in [0.15, 0.2) is 30.3 Å². The smallest absolute Gasteiger partial charge is 0.247 e. The zero-order valence-corrected chi connectivity index (χ0v) is 11.9. The average Bonchev–Trinajstić information content (AvgIpc) is 2.39. The Morgan fingerprint density at radius 2 is 1.94 bits per heavy atom. The van der Waals surface area contributed by atoms with Crippen molar-refractivity contribution in [2.24, 2.45) is 5.92 Å². The predicted molar refractivity (Wildman–Crippen MR) is 74.9 cm³/mol. The van der Waals surface area contributed by atoms with Gasteiger partial charge in [0.1, 0.15) is 12.1 Å². The van der Waals surface area contributed by atoms with Crippen LogP contribution in [-0.4, -0.2) is 24.6 Å². The van der Waals surface area contributed by atoms with Crippen molar-refractivity contribution in [1.29, 1.82) is 0 Å². The van der Waals surface area contributed by atoms with Crippen LogP contribution in [0.25, 0.3) is 0 Å². The molecule has 4 heteroatoms. The fraction of sp³-hybridized carbons (Fsp3) is 0.500. The van der Waals surface area contributed by atoms with Crippen LogP contribution in [0.3, 0.4) is 0 Å². The number of nitrogens with zero attached hydrogens (tertiary/aromatic N) is 1. The highest BCUT2D eigenvalue weighted by atomic mass is 35.5. The van der Waals surface area contributed by atoms with Gasteiger partial charge in [0.25, 0.3) is 0 Å². The number of rotatable bonds is 6. The van der Waals surface area contributed by atoms with E-state index in [4.69, 9.17) is 16.3 Å². The second-order valence-electron chi connectivity index (χ2n) is 4.37. The predicted octanol–water partition coefficient (Wildman–Crippen LogP) is 3.28. The SMILES string of the molecule is CCOCN(C(=O)C(Cl)C(C)C)c1ccccc1. The maximum absolute atomic E-state index is 12.3. The Bertz CT molecular complexity index is 367. The van der Waals surface area contributed by atoms with Gasteiger partial charge in [0.05, 0.1) is 0 Å². The molecule has 0 aliphatic carbocycles. The number of amides is 1. The van der Waals surface area contributed by atoms with Gasteiger partial charge in [0.15, 0.2) is 0 Å². The van der Waals surface area contributed by atoms with Crippen LogP contribution in [0, 0.1) is 5.92 Å². The molecule has 0 saturated heterocycles. The number of carbonyl (C=O) groups is 1. The lowest BCUT2D eigenvalue weighted by Gasteiger charge is -2.26. The van der Waals surface area contributed by atoms with E-state index >= 15 is 0 Å². The first kappa shape index (κ1) is 15.0. The number of alkyl halides is 1. The summed E-state index contributed by atoms with van der Waals surface area (Å²) in [4.78, 5) is 13.9. The zero-order chi connectivity index (χ0) is 13.5. The summed E-state index contributed by atoms with van der Waals surface area (Å²) in [5, 5.41) is -0.536. The van der Waals surface area contributed by atoms with Gasteiger partial charge in [-0.15, -0.1) is 11.6 Å². The first-order valence-corrected chi connectivity index (χ1v) is 6.59. The van der Waals surface area contributed by atoms with Gasteiger partial charge in [-0.3, -0.25) is 9.69 Å². The van der Waals surface area contributed by atoms with Crippen molar-refractivity contribution in [3.05, 3.63) is 30.3 Å². The molecule has 18 heavy (non-hydrogen) atoms. The van der Waals surface area contributed by atoms with Gasteiger partial charge in [-0.1, -0.05) is 32.0 Å². The van der Waals surface area contributed by atoms with E-state index < -0.39 is 5.38 Å². The van der Waals surface area contributed by atoms with Crippen molar-refractivity contribution in [1.82, 2.24) is 0 Å². The van der Waals surface area contributed by atoms with Crippen molar-refractivity contribution in [3.8, 4) is 0 Å². The third kappa shape index (κ3) is 4.00. The second-order valence-corrected chi connectivity index (χ2v) is 4.84. The van der Waals surface area contributed by atoms with E-state index in [1.54, 1.807) is 4.90 Å². The molecule has 1 atom stereocenters. The lowest BCUT2D eigenvalue weighted by atomic mass is 10.1. The minimum absolute atomic E-state index is 0.0898. The lowest BCUT2D eigenvalue weighted by molar-refractivity contribution is -0.120. The molecule has 1 amide bonds. The van der Waals surface area contributed by atoms with Crippen molar-refractivity contribution in [2.75, 3.05) is 18.2 Å². The highest BCUT2D eigenvalue weighted by molar-refractivity contribution is 6.33. The average molecular weight is 270 g/mol. The molecule has 0 fully saturated rings. The standard InChI is InChI=1S/C14H20ClNO2/c1-4-18-10-16(12-8-6-5-7-9-12)14(17)13(15)11(2)3/h5-9,11,13H,4,10H2,1-3H3. The first-order valence-electron chi connectivity index (χ1n) is 6.16. The van der Waals surface area contributed by atoms with E-state index in [1.807, 2.05) is 51.1 Å². The third-order valence-corrected chi connectivity index (χ3v) is 3.27.